The van der Waals surface area contributed by atoms with Gasteiger partial charge in [0.25, 0.3) is 0 Å². The van der Waals surface area contributed by atoms with E-state index < -0.39 is 0 Å². The molecule has 88 valence electrons. The predicted octanol–water partition coefficient (Wildman–Crippen LogP) is 0.394. The molecule has 1 fully saturated rings. The Labute approximate surface area is 94.4 Å². The van der Waals surface area contributed by atoms with E-state index in [1.165, 1.54) is 0 Å². The lowest BCUT2D eigenvalue weighted by Crippen LogP contribution is -2.33. The van der Waals surface area contributed by atoms with Gasteiger partial charge in [0.05, 0.1) is 6.10 Å². The molecular formula is C10H17N5O. The van der Waals surface area contributed by atoms with Gasteiger partial charge in [0.2, 0.25) is 11.9 Å². The fraction of sp³-hybridized carbons (Fsp3) is 0.700. The van der Waals surface area contributed by atoms with Crippen LogP contribution in [-0.2, 0) is 11.2 Å². The number of aromatic nitrogens is 3. The lowest BCUT2D eigenvalue weighted by atomic mass is 9.80. The van der Waals surface area contributed by atoms with Gasteiger partial charge in [-0.05, 0) is 25.7 Å². The molecule has 1 aromatic rings. The van der Waals surface area contributed by atoms with Gasteiger partial charge in [0.15, 0.2) is 0 Å². The van der Waals surface area contributed by atoms with E-state index in [-0.39, 0.29) is 11.9 Å². The number of nitrogens with zero attached hydrogens (tertiary/aromatic N) is 3. The predicted molar refractivity (Wildman–Crippen MR) is 60.5 cm³/mol. The van der Waals surface area contributed by atoms with Crippen molar-refractivity contribution in [3.8, 4) is 0 Å². The first-order valence-corrected chi connectivity index (χ1v) is 5.55. The van der Waals surface area contributed by atoms with E-state index in [9.17, 15) is 0 Å². The van der Waals surface area contributed by atoms with Crippen LogP contribution in [0.1, 0.15) is 25.6 Å². The van der Waals surface area contributed by atoms with Crippen LogP contribution in [0.2, 0.25) is 0 Å². The standard InChI is InChI=1S/C10H17N5O/c1-2-16-7-3-6(4-7)5-8-13-9(11)15-10(12)14-8/h6-7H,2-5H2,1H3,(H4,11,12,13,14,15). The Morgan fingerprint density at radius 3 is 2.38 bits per heavy atom. The number of hydrogen-bond acceptors (Lipinski definition) is 6. The van der Waals surface area contributed by atoms with Gasteiger partial charge < -0.3 is 16.2 Å². The fourth-order valence-corrected chi connectivity index (χ4v) is 2.02. The summed E-state index contributed by atoms with van der Waals surface area (Å²) in [6.45, 7) is 2.80. The van der Waals surface area contributed by atoms with Gasteiger partial charge in [-0.15, -0.1) is 0 Å². The molecule has 1 saturated carbocycles. The summed E-state index contributed by atoms with van der Waals surface area (Å²) in [5, 5.41) is 0. The van der Waals surface area contributed by atoms with Crippen LogP contribution in [0.3, 0.4) is 0 Å². The highest BCUT2D eigenvalue weighted by Crippen LogP contribution is 2.32. The number of ether oxygens (including phenoxy) is 1. The maximum Gasteiger partial charge on any atom is 0.225 e. The van der Waals surface area contributed by atoms with Crippen LogP contribution in [0.15, 0.2) is 0 Å². The summed E-state index contributed by atoms with van der Waals surface area (Å²) in [5.41, 5.74) is 11.0. The summed E-state index contributed by atoms with van der Waals surface area (Å²) in [6.07, 6.45) is 3.35. The molecule has 2 rings (SSSR count). The molecule has 4 N–H and O–H groups in total. The van der Waals surface area contributed by atoms with Gasteiger partial charge in [-0.25, -0.2) is 0 Å². The highest BCUT2D eigenvalue weighted by atomic mass is 16.5. The van der Waals surface area contributed by atoms with E-state index in [1.807, 2.05) is 6.92 Å². The molecule has 1 aromatic heterocycles. The topological polar surface area (TPSA) is 99.9 Å². The maximum absolute atomic E-state index is 5.50. The first kappa shape index (κ1) is 11.1. The molecule has 0 unspecified atom stereocenters. The fourth-order valence-electron chi connectivity index (χ4n) is 2.02. The van der Waals surface area contributed by atoms with Crippen molar-refractivity contribution in [3.63, 3.8) is 0 Å². The molecule has 0 spiro atoms. The van der Waals surface area contributed by atoms with Crippen LogP contribution in [0.4, 0.5) is 11.9 Å². The Morgan fingerprint density at radius 1 is 1.19 bits per heavy atom. The number of rotatable bonds is 4. The zero-order valence-electron chi connectivity index (χ0n) is 9.39. The van der Waals surface area contributed by atoms with Crippen LogP contribution >= 0.6 is 0 Å². The molecule has 0 radical (unpaired) electrons. The van der Waals surface area contributed by atoms with E-state index in [2.05, 4.69) is 15.0 Å². The number of anilines is 2. The third-order valence-corrected chi connectivity index (χ3v) is 2.78. The minimum absolute atomic E-state index is 0.197. The Morgan fingerprint density at radius 2 is 1.81 bits per heavy atom. The number of hydrogen-bond donors (Lipinski definition) is 2. The van der Waals surface area contributed by atoms with Crippen LogP contribution in [-0.4, -0.2) is 27.7 Å². The molecule has 0 saturated heterocycles. The second kappa shape index (κ2) is 4.61. The second-order valence-electron chi connectivity index (χ2n) is 4.09. The average Bonchev–Trinajstić information content (AvgIpc) is 2.13. The number of nitrogen functional groups attached to an aromatic ring is 2. The van der Waals surface area contributed by atoms with Crippen LogP contribution in [0.25, 0.3) is 0 Å². The zero-order valence-corrected chi connectivity index (χ0v) is 9.39. The first-order chi connectivity index (χ1) is 7.67. The largest absolute Gasteiger partial charge is 0.378 e. The summed E-state index contributed by atoms with van der Waals surface area (Å²) in [6, 6.07) is 0. The molecule has 1 aliphatic carbocycles. The van der Waals surface area contributed by atoms with Crippen molar-refractivity contribution >= 4 is 11.9 Å². The summed E-state index contributed by atoms with van der Waals surface area (Å²) in [7, 11) is 0. The summed E-state index contributed by atoms with van der Waals surface area (Å²) < 4.78 is 5.49. The molecular weight excluding hydrogens is 206 g/mol. The van der Waals surface area contributed by atoms with Crippen molar-refractivity contribution in [2.24, 2.45) is 5.92 Å². The van der Waals surface area contributed by atoms with Crippen molar-refractivity contribution in [2.45, 2.75) is 32.3 Å². The summed E-state index contributed by atoms with van der Waals surface area (Å²) >= 11 is 0. The lowest BCUT2D eigenvalue weighted by Gasteiger charge is -2.34. The molecule has 0 bridgehead atoms. The Balaban J connectivity index is 1.86. The minimum Gasteiger partial charge on any atom is -0.378 e. The van der Waals surface area contributed by atoms with E-state index in [1.54, 1.807) is 0 Å². The van der Waals surface area contributed by atoms with Crippen molar-refractivity contribution in [1.82, 2.24) is 15.0 Å². The summed E-state index contributed by atoms with van der Waals surface area (Å²) in [5.74, 6) is 1.66. The smallest absolute Gasteiger partial charge is 0.225 e. The third-order valence-electron chi connectivity index (χ3n) is 2.78. The lowest BCUT2D eigenvalue weighted by molar-refractivity contribution is -0.0245. The molecule has 1 heterocycles. The van der Waals surface area contributed by atoms with E-state index in [4.69, 9.17) is 16.2 Å². The molecule has 16 heavy (non-hydrogen) atoms. The molecule has 0 aliphatic heterocycles. The Bertz CT molecular complexity index is 344. The molecule has 1 aliphatic rings. The highest BCUT2D eigenvalue weighted by Gasteiger charge is 2.30. The van der Waals surface area contributed by atoms with Crippen molar-refractivity contribution in [3.05, 3.63) is 5.82 Å². The van der Waals surface area contributed by atoms with Crippen molar-refractivity contribution in [1.29, 1.82) is 0 Å². The van der Waals surface area contributed by atoms with Gasteiger partial charge in [0.1, 0.15) is 5.82 Å². The van der Waals surface area contributed by atoms with E-state index in [0.717, 1.165) is 25.9 Å². The third kappa shape index (κ3) is 2.57. The highest BCUT2D eigenvalue weighted by molar-refractivity contribution is 5.25. The second-order valence-corrected chi connectivity index (χ2v) is 4.09. The van der Waals surface area contributed by atoms with Gasteiger partial charge in [-0.3, -0.25) is 0 Å². The normalized spacial score (nSPS) is 24.1. The first-order valence-electron chi connectivity index (χ1n) is 5.55. The molecule has 6 nitrogen and oxygen atoms in total. The maximum atomic E-state index is 5.50. The van der Waals surface area contributed by atoms with Crippen LogP contribution < -0.4 is 11.5 Å². The zero-order chi connectivity index (χ0) is 11.5. The molecule has 0 aromatic carbocycles. The van der Waals surface area contributed by atoms with E-state index in [0.29, 0.717) is 17.8 Å². The number of nitrogens with two attached hydrogens (primary N) is 2. The minimum atomic E-state index is 0.197. The molecule has 0 amide bonds. The van der Waals surface area contributed by atoms with Crippen LogP contribution in [0.5, 0.6) is 0 Å². The molecule has 0 atom stereocenters. The van der Waals surface area contributed by atoms with Gasteiger partial charge in [0, 0.05) is 13.0 Å². The van der Waals surface area contributed by atoms with Gasteiger partial charge in [-0.2, -0.15) is 15.0 Å². The monoisotopic (exact) mass is 223 g/mol. The summed E-state index contributed by atoms with van der Waals surface area (Å²) in [4.78, 5) is 11.9. The SMILES string of the molecule is CCOC1CC(Cc2nc(N)nc(N)n2)C1. The average molecular weight is 223 g/mol. The van der Waals surface area contributed by atoms with E-state index >= 15 is 0 Å². The van der Waals surface area contributed by atoms with Crippen molar-refractivity contribution < 1.29 is 4.74 Å². The van der Waals surface area contributed by atoms with Crippen LogP contribution in [0, 0.1) is 5.92 Å². The van der Waals surface area contributed by atoms with Gasteiger partial charge in [-0.1, -0.05) is 0 Å². The quantitative estimate of drug-likeness (QED) is 0.766. The molecule has 6 heteroatoms. The van der Waals surface area contributed by atoms with Crippen molar-refractivity contribution in [2.75, 3.05) is 18.1 Å². The van der Waals surface area contributed by atoms with Gasteiger partial charge >= 0.3 is 0 Å². The Kier molecular flexibility index (Phi) is 3.19. The Hall–Kier alpha value is -1.43.